The van der Waals surface area contributed by atoms with Crippen molar-refractivity contribution in [3.63, 3.8) is 0 Å². The first-order valence-corrected chi connectivity index (χ1v) is 2.81. The van der Waals surface area contributed by atoms with Crippen LogP contribution in [0.1, 0.15) is 13.3 Å². The Balaban J connectivity index is 2.35. The molecule has 0 spiro atoms. The van der Waals surface area contributed by atoms with Crippen LogP contribution < -0.4 is 11.1 Å². The molecule has 1 heterocycles. The summed E-state index contributed by atoms with van der Waals surface area (Å²) in [6, 6.07) is 0.00231. The molecule has 0 saturated carbocycles. The van der Waals surface area contributed by atoms with Gasteiger partial charge >= 0.3 is 0 Å². The van der Waals surface area contributed by atoms with Crippen molar-refractivity contribution in [2.24, 2.45) is 5.73 Å². The van der Waals surface area contributed by atoms with Gasteiger partial charge in [-0.3, -0.25) is 4.79 Å². The Bertz CT molecular complexity index is 113. The van der Waals surface area contributed by atoms with Crippen molar-refractivity contribution in [2.75, 3.05) is 0 Å². The van der Waals surface area contributed by atoms with Gasteiger partial charge in [0, 0.05) is 0 Å². The van der Waals surface area contributed by atoms with Crippen LogP contribution in [0, 0.1) is 0 Å². The Hall–Kier alpha value is -0.570. The molecular formula is C5H10N2O. The van der Waals surface area contributed by atoms with Gasteiger partial charge in [-0.2, -0.15) is 0 Å². The second-order valence-corrected chi connectivity index (χ2v) is 2.05. The summed E-state index contributed by atoms with van der Waals surface area (Å²) in [5.41, 5.74) is 5.36. The van der Waals surface area contributed by atoms with Crippen LogP contribution in [0.25, 0.3) is 0 Å². The standard InChI is InChI=1S/C5H10N2O/c1-2-3-4(6)5(8)7-3/h3-4H,2,6H2,1H3,(H,7,8). The van der Waals surface area contributed by atoms with Crippen molar-refractivity contribution in [1.82, 2.24) is 5.32 Å². The summed E-state index contributed by atoms with van der Waals surface area (Å²) in [4.78, 5) is 10.4. The zero-order chi connectivity index (χ0) is 6.15. The molecule has 8 heavy (non-hydrogen) atoms. The lowest BCUT2D eigenvalue weighted by atomic mass is 9.98. The third-order valence-electron chi connectivity index (χ3n) is 1.50. The molecule has 1 aliphatic heterocycles. The zero-order valence-electron chi connectivity index (χ0n) is 4.85. The molecule has 0 aromatic rings. The maximum atomic E-state index is 10.4. The molecule has 3 nitrogen and oxygen atoms in total. The normalized spacial score (nSPS) is 36.0. The highest BCUT2D eigenvalue weighted by molar-refractivity contribution is 5.88. The van der Waals surface area contributed by atoms with Crippen LogP contribution in [0.15, 0.2) is 0 Å². The first kappa shape index (κ1) is 5.56. The molecule has 1 saturated heterocycles. The lowest BCUT2D eigenvalue weighted by Gasteiger charge is -2.32. The Kier molecular flexibility index (Phi) is 1.21. The molecule has 1 fully saturated rings. The highest BCUT2D eigenvalue weighted by Gasteiger charge is 2.33. The van der Waals surface area contributed by atoms with E-state index in [0.29, 0.717) is 0 Å². The fraction of sp³-hybridized carbons (Fsp3) is 0.800. The number of nitrogens with one attached hydrogen (secondary N) is 1. The van der Waals surface area contributed by atoms with Gasteiger partial charge in [-0.05, 0) is 6.42 Å². The van der Waals surface area contributed by atoms with Gasteiger partial charge in [0.2, 0.25) is 5.91 Å². The van der Waals surface area contributed by atoms with Crippen molar-refractivity contribution >= 4 is 5.91 Å². The van der Waals surface area contributed by atoms with Crippen molar-refractivity contribution < 1.29 is 4.79 Å². The number of carbonyl (C=O) groups is 1. The predicted molar refractivity (Wildman–Crippen MR) is 30.2 cm³/mol. The highest BCUT2D eigenvalue weighted by Crippen LogP contribution is 2.05. The number of amides is 1. The highest BCUT2D eigenvalue weighted by atomic mass is 16.2. The summed E-state index contributed by atoms with van der Waals surface area (Å²) < 4.78 is 0. The monoisotopic (exact) mass is 114 g/mol. The van der Waals surface area contributed by atoms with Gasteiger partial charge < -0.3 is 11.1 Å². The second kappa shape index (κ2) is 1.74. The molecule has 2 unspecified atom stereocenters. The van der Waals surface area contributed by atoms with E-state index in [1.165, 1.54) is 0 Å². The predicted octanol–water partition coefficient (Wildman–Crippen LogP) is -0.778. The van der Waals surface area contributed by atoms with E-state index >= 15 is 0 Å². The summed E-state index contributed by atoms with van der Waals surface area (Å²) >= 11 is 0. The first-order chi connectivity index (χ1) is 3.75. The largest absolute Gasteiger partial charge is 0.350 e. The van der Waals surface area contributed by atoms with Gasteiger partial charge in [0.05, 0.1) is 6.04 Å². The molecule has 3 heteroatoms. The van der Waals surface area contributed by atoms with E-state index in [4.69, 9.17) is 5.73 Å². The van der Waals surface area contributed by atoms with E-state index in [1.54, 1.807) is 0 Å². The average Bonchev–Trinajstić information content (AvgIpc) is 1.81. The van der Waals surface area contributed by atoms with Crippen LogP contribution in [0.5, 0.6) is 0 Å². The fourth-order valence-corrected chi connectivity index (χ4v) is 0.811. The number of nitrogens with two attached hydrogens (primary N) is 1. The van der Waals surface area contributed by atoms with E-state index in [0.717, 1.165) is 6.42 Å². The number of β-lactam (4-membered cyclic amide) rings is 1. The molecule has 46 valence electrons. The van der Waals surface area contributed by atoms with E-state index in [1.807, 2.05) is 6.92 Å². The molecule has 3 N–H and O–H groups in total. The average molecular weight is 114 g/mol. The minimum Gasteiger partial charge on any atom is -0.350 e. The molecule has 0 aromatic heterocycles. The maximum absolute atomic E-state index is 10.4. The Morgan fingerprint density at radius 1 is 1.88 bits per heavy atom. The smallest absolute Gasteiger partial charge is 0.239 e. The Morgan fingerprint density at radius 2 is 2.50 bits per heavy atom. The van der Waals surface area contributed by atoms with E-state index < -0.39 is 0 Å². The minimum absolute atomic E-state index is 0.0168. The van der Waals surface area contributed by atoms with Crippen molar-refractivity contribution in [3.05, 3.63) is 0 Å². The number of hydrogen-bond acceptors (Lipinski definition) is 2. The van der Waals surface area contributed by atoms with Crippen LogP contribution in [-0.4, -0.2) is 18.0 Å². The van der Waals surface area contributed by atoms with E-state index in [-0.39, 0.29) is 18.0 Å². The summed E-state index contributed by atoms with van der Waals surface area (Å²) in [6.07, 6.45) is 0.937. The summed E-state index contributed by atoms with van der Waals surface area (Å²) in [7, 11) is 0. The van der Waals surface area contributed by atoms with E-state index in [2.05, 4.69) is 5.32 Å². The number of hydrogen-bond donors (Lipinski definition) is 2. The Labute approximate surface area is 48.2 Å². The minimum atomic E-state index is -0.236. The third-order valence-corrected chi connectivity index (χ3v) is 1.50. The van der Waals surface area contributed by atoms with Crippen LogP contribution in [-0.2, 0) is 4.79 Å². The van der Waals surface area contributed by atoms with Gasteiger partial charge in [0.15, 0.2) is 0 Å². The lowest BCUT2D eigenvalue weighted by molar-refractivity contribution is -0.130. The lowest BCUT2D eigenvalue weighted by Crippen LogP contribution is -2.66. The van der Waals surface area contributed by atoms with Crippen LogP contribution in [0.2, 0.25) is 0 Å². The third kappa shape index (κ3) is 0.591. The zero-order valence-corrected chi connectivity index (χ0v) is 4.85. The van der Waals surface area contributed by atoms with Crippen LogP contribution in [0.3, 0.4) is 0 Å². The Morgan fingerprint density at radius 3 is 2.62 bits per heavy atom. The van der Waals surface area contributed by atoms with Crippen LogP contribution in [0.4, 0.5) is 0 Å². The second-order valence-electron chi connectivity index (χ2n) is 2.05. The van der Waals surface area contributed by atoms with Gasteiger partial charge in [-0.1, -0.05) is 6.92 Å². The van der Waals surface area contributed by atoms with Gasteiger partial charge in [-0.15, -0.1) is 0 Å². The molecule has 0 bridgehead atoms. The SMILES string of the molecule is CCC1NC(=O)C1N. The quantitative estimate of drug-likeness (QED) is 0.439. The summed E-state index contributed by atoms with van der Waals surface area (Å²) in [5, 5.41) is 2.68. The number of carbonyl (C=O) groups excluding carboxylic acids is 1. The molecule has 1 rings (SSSR count). The van der Waals surface area contributed by atoms with Gasteiger partial charge in [-0.25, -0.2) is 0 Å². The van der Waals surface area contributed by atoms with Gasteiger partial charge in [0.25, 0.3) is 0 Å². The van der Waals surface area contributed by atoms with E-state index in [9.17, 15) is 4.79 Å². The maximum Gasteiger partial charge on any atom is 0.239 e. The molecule has 0 radical (unpaired) electrons. The van der Waals surface area contributed by atoms with Crippen molar-refractivity contribution in [3.8, 4) is 0 Å². The van der Waals surface area contributed by atoms with Crippen molar-refractivity contribution in [2.45, 2.75) is 25.4 Å². The number of rotatable bonds is 1. The molecule has 1 aliphatic rings. The first-order valence-electron chi connectivity index (χ1n) is 2.81. The van der Waals surface area contributed by atoms with Crippen molar-refractivity contribution in [1.29, 1.82) is 0 Å². The molecule has 1 amide bonds. The topological polar surface area (TPSA) is 55.1 Å². The van der Waals surface area contributed by atoms with Crippen LogP contribution >= 0.6 is 0 Å². The molecular weight excluding hydrogens is 104 g/mol. The molecule has 0 aliphatic carbocycles. The summed E-state index contributed by atoms with van der Waals surface area (Å²) in [5.74, 6) is -0.0168. The fourth-order valence-electron chi connectivity index (χ4n) is 0.811. The molecule has 2 atom stereocenters. The molecule has 0 aromatic carbocycles. The summed E-state index contributed by atoms with van der Waals surface area (Å²) in [6.45, 7) is 2.00. The van der Waals surface area contributed by atoms with Gasteiger partial charge in [0.1, 0.15) is 6.04 Å².